The first-order valence-corrected chi connectivity index (χ1v) is 5.88. The van der Waals surface area contributed by atoms with Crippen molar-refractivity contribution in [2.24, 2.45) is 0 Å². The number of piperazine rings is 3. The van der Waals surface area contributed by atoms with E-state index in [2.05, 4.69) is 9.80 Å². The van der Waals surface area contributed by atoms with Gasteiger partial charge in [-0.05, 0) is 4.20 Å². The molecule has 72 valence electrons. The van der Waals surface area contributed by atoms with Crippen LogP contribution in [0.3, 0.4) is 0 Å². The smallest absolute Gasteiger partial charge is 0.372 e. The molecule has 3 saturated heterocycles. The molecule has 3 rings (SSSR count). The van der Waals surface area contributed by atoms with Crippen LogP contribution in [0.25, 0.3) is 0 Å². The maximum Gasteiger partial charge on any atom is 0.433 e. The first kappa shape index (κ1) is 10.4. The molecular weight excluding hydrogens is 228 g/mol. The summed E-state index contributed by atoms with van der Waals surface area (Å²) < 4.78 is 24.3. The molecule has 3 aliphatic rings. The van der Waals surface area contributed by atoms with Gasteiger partial charge in [0.05, 0.1) is 0 Å². The molecule has 1 N–H and O–H groups in total. The Morgan fingerprint density at radius 2 is 1.00 bits per heavy atom. The van der Waals surface area contributed by atoms with Crippen molar-refractivity contribution in [1.82, 2.24) is 9.80 Å². The lowest BCUT2D eigenvalue weighted by molar-refractivity contribution is -1.63. The van der Waals surface area contributed by atoms with Crippen molar-refractivity contribution in [2.45, 2.75) is 0 Å². The van der Waals surface area contributed by atoms with E-state index in [0.717, 1.165) is 0 Å². The Bertz CT molecular complexity index is 102. The Morgan fingerprint density at radius 1 is 0.833 bits per heavy atom. The molecule has 0 aliphatic carbocycles. The summed E-state index contributed by atoms with van der Waals surface area (Å²) in [6.45, 7) is 7.92. The summed E-state index contributed by atoms with van der Waals surface area (Å²) >= 11 is -3.40. The SMILES string of the molecule is C1CN2CCN1CC2.[O-][Br+2]([O-])O. The highest BCUT2D eigenvalue weighted by Crippen LogP contribution is 2.06. The van der Waals surface area contributed by atoms with Crippen LogP contribution in [0.15, 0.2) is 0 Å². The van der Waals surface area contributed by atoms with Crippen LogP contribution in [0.1, 0.15) is 0 Å². The standard InChI is InChI=1S/C6H12N2.BrHO3/c1-2-8-5-3-7(1)4-6-8;2-1(3)4/h1-6H2;2H. The molecule has 6 heteroatoms. The lowest BCUT2D eigenvalue weighted by atomic mass is 10.2. The van der Waals surface area contributed by atoms with E-state index in [1.807, 2.05) is 0 Å². The van der Waals surface area contributed by atoms with E-state index in [9.17, 15) is 0 Å². The number of hydrogen-bond acceptors (Lipinski definition) is 5. The minimum absolute atomic E-state index is 1.32. The summed E-state index contributed by atoms with van der Waals surface area (Å²) in [5.74, 6) is 0. The first-order chi connectivity index (χ1) is 5.68. The second-order valence-electron chi connectivity index (χ2n) is 2.88. The largest absolute Gasteiger partial charge is 0.433 e. The molecule has 3 heterocycles. The maximum absolute atomic E-state index is 8.63. The van der Waals surface area contributed by atoms with Gasteiger partial charge in [0.2, 0.25) is 0 Å². The van der Waals surface area contributed by atoms with Gasteiger partial charge < -0.3 is 8.40 Å². The van der Waals surface area contributed by atoms with Crippen LogP contribution in [0, 0.1) is 14.8 Å². The van der Waals surface area contributed by atoms with Crippen LogP contribution >= 0.6 is 0 Å². The van der Waals surface area contributed by atoms with Crippen LogP contribution in [-0.4, -0.2) is 53.3 Å². The Morgan fingerprint density at radius 3 is 1.08 bits per heavy atom. The maximum atomic E-state index is 8.63. The highest BCUT2D eigenvalue weighted by molar-refractivity contribution is 4.78. The highest BCUT2D eigenvalue weighted by Gasteiger charge is 2.21. The zero-order chi connectivity index (χ0) is 8.97. The van der Waals surface area contributed by atoms with Gasteiger partial charge in [-0.3, -0.25) is 9.80 Å². The quantitative estimate of drug-likeness (QED) is 0.480. The summed E-state index contributed by atoms with van der Waals surface area (Å²) in [5.41, 5.74) is 0. The second kappa shape index (κ2) is 5.11. The minimum atomic E-state index is -3.40. The fourth-order valence-corrected chi connectivity index (χ4v) is 1.52. The molecule has 5 nitrogen and oxygen atoms in total. The van der Waals surface area contributed by atoms with E-state index in [0.29, 0.717) is 0 Å². The molecule has 3 fully saturated rings. The third-order valence-corrected chi connectivity index (χ3v) is 2.20. The van der Waals surface area contributed by atoms with Gasteiger partial charge in [-0.15, -0.1) is 0 Å². The van der Waals surface area contributed by atoms with Gasteiger partial charge in [-0.2, -0.15) is 0 Å². The van der Waals surface area contributed by atoms with Gasteiger partial charge in [0, 0.05) is 39.3 Å². The Kier molecular flexibility index (Phi) is 4.41. The molecule has 0 radical (unpaired) electrons. The van der Waals surface area contributed by atoms with E-state index in [1.165, 1.54) is 39.3 Å². The van der Waals surface area contributed by atoms with Crippen LogP contribution < -0.4 is 8.40 Å². The van der Waals surface area contributed by atoms with Gasteiger partial charge in [-0.25, -0.2) is 0 Å². The third-order valence-electron chi connectivity index (χ3n) is 2.20. The topological polar surface area (TPSA) is 72.8 Å². The number of fused-ring (bicyclic) bond motifs is 3. The van der Waals surface area contributed by atoms with Crippen molar-refractivity contribution < 1.29 is 27.4 Å². The normalized spacial score (nSPS) is 33.0. The summed E-state index contributed by atoms with van der Waals surface area (Å²) in [7, 11) is 0. The average Bonchev–Trinajstić information content (AvgIpc) is 2.07. The predicted octanol–water partition coefficient (Wildman–Crippen LogP) is -3.32. The van der Waals surface area contributed by atoms with Crippen LogP contribution in [-0.2, 0) is 0 Å². The first-order valence-electron chi connectivity index (χ1n) is 3.88. The fraction of sp³-hybridized carbons (Fsp3) is 1.00. The second-order valence-corrected chi connectivity index (χ2v) is 3.73. The molecule has 2 bridgehead atoms. The van der Waals surface area contributed by atoms with Gasteiger partial charge in [0.15, 0.2) is 0 Å². The predicted molar refractivity (Wildman–Crippen MR) is 35.1 cm³/mol. The van der Waals surface area contributed by atoms with Crippen molar-refractivity contribution in [1.29, 1.82) is 0 Å². The number of nitrogens with zero attached hydrogens (tertiary/aromatic N) is 2. The van der Waals surface area contributed by atoms with Crippen molar-refractivity contribution in [2.75, 3.05) is 39.3 Å². The summed E-state index contributed by atoms with van der Waals surface area (Å²) in [5, 5.41) is 0. The molecule has 3 aliphatic heterocycles. The summed E-state index contributed by atoms with van der Waals surface area (Å²) in [6, 6.07) is 0. The van der Waals surface area contributed by atoms with E-state index in [-0.39, 0.29) is 0 Å². The van der Waals surface area contributed by atoms with E-state index in [4.69, 9.17) is 12.6 Å². The number of halogens is 1. The van der Waals surface area contributed by atoms with E-state index < -0.39 is 14.8 Å². The lowest BCUT2D eigenvalue weighted by Crippen LogP contribution is -2.55. The third kappa shape index (κ3) is 3.79. The molecule has 12 heavy (non-hydrogen) atoms. The van der Waals surface area contributed by atoms with Gasteiger partial charge in [0.1, 0.15) is 0 Å². The number of hydrogen-bond donors (Lipinski definition) is 1. The van der Waals surface area contributed by atoms with Crippen molar-refractivity contribution in [3.8, 4) is 0 Å². The van der Waals surface area contributed by atoms with Gasteiger partial charge >= 0.3 is 14.8 Å². The molecule has 0 aromatic rings. The highest BCUT2D eigenvalue weighted by atomic mass is 80.0. The lowest BCUT2D eigenvalue weighted by Gasteiger charge is -2.41. The molecule has 0 aromatic heterocycles. The van der Waals surface area contributed by atoms with E-state index >= 15 is 0 Å². The van der Waals surface area contributed by atoms with E-state index in [1.54, 1.807) is 0 Å². The molecule has 0 atom stereocenters. The average molecular weight is 241 g/mol. The Balaban J connectivity index is 0.000000157. The number of rotatable bonds is 0. The summed E-state index contributed by atoms with van der Waals surface area (Å²) in [4.78, 5) is 5.08. The van der Waals surface area contributed by atoms with Gasteiger partial charge in [0.25, 0.3) is 0 Å². The zero-order valence-corrected chi connectivity index (χ0v) is 8.36. The van der Waals surface area contributed by atoms with Crippen molar-refractivity contribution in [3.63, 3.8) is 0 Å². The molecule has 0 unspecified atom stereocenters. The monoisotopic (exact) mass is 240 g/mol. The molecule has 0 aromatic carbocycles. The van der Waals surface area contributed by atoms with Crippen molar-refractivity contribution in [3.05, 3.63) is 0 Å². The zero-order valence-electron chi connectivity index (χ0n) is 6.78. The summed E-state index contributed by atoms with van der Waals surface area (Å²) in [6.07, 6.45) is 0. The van der Waals surface area contributed by atoms with Gasteiger partial charge in [-0.1, -0.05) is 0 Å². The Hall–Kier alpha value is 0.280. The minimum Gasteiger partial charge on any atom is -0.372 e. The van der Waals surface area contributed by atoms with Crippen LogP contribution in [0.4, 0.5) is 0 Å². The van der Waals surface area contributed by atoms with Crippen LogP contribution in [0.2, 0.25) is 0 Å². The molecule has 0 saturated carbocycles. The Labute approximate surface area is 77.0 Å². The van der Waals surface area contributed by atoms with Crippen LogP contribution in [0.5, 0.6) is 0 Å². The molecular formula is C6H13BrN2O3. The molecule has 0 spiro atoms. The molecule has 0 amide bonds. The fourth-order valence-electron chi connectivity index (χ4n) is 1.52. The van der Waals surface area contributed by atoms with Crippen molar-refractivity contribution >= 4 is 0 Å².